The fourth-order valence-corrected chi connectivity index (χ4v) is 2.81. The molecule has 2 aromatic carbocycles. The van der Waals surface area contributed by atoms with E-state index in [4.69, 9.17) is 4.74 Å². The molecule has 2 heterocycles. The van der Waals surface area contributed by atoms with Crippen LogP contribution < -0.4 is 4.74 Å². The van der Waals surface area contributed by atoms with Crippen LogP contribution in [0, 0.1) is 0 Å². The Kier molecular flexibility index (Phi) is 2.76. The van der Waals surface area contributed by atoms with E-state index in [1.807, 2.05) is 47.2 Å². The molecule has 0 radical (unpaired) electrons. The van der Waals surface area contributed by atoms with Crippen LogP contribution in [0.5, 0.6) is 5.75 Å². The number of fused-ring (bicyclic) bond motifs is 5. The fraction of sp³-hybridized carbons (Fsp3) is 0.0556. The van der Waals surface area contributed by atoms with Crippen molar-refractivity contribution in [3.05, 3.63) is 60.2 Å². The van der Waals surface area contributed by atoms with Crippen molar-refractivity contribution in [2.75, 3.05) is 6.61 Å². The van der Waals surface area contributed by atoms with Gasteiger partial charge in [-0.2, -0.15) is 0 Å². The lowest BCUT2D eigenvalue weighted by atomic mass is 10.1. The average Bonchev–Trinajstić information content (AvgIpc) is 2.86. The molecule has 22 heavy (non-hydrogen) atoms. The number of aromatic carboxylic acids is 1. The minimum Gasteiger partial charge on any atom is -0.489 e. The van der Waals surface area contributed by atoms with Gasteiger partial charge in [-0.25, -0.2) is 4.79 Å². The molecule has 1 aliphatic rings. The molecule has 1 N–H and O–H groups in total. The van der Waals surface area contributed by atoms with Crippen molar-refractivity contribution in [1.82, 2.24) is 4.57 Å². The summed E-state index contributed by atoms with van der Waals surface area (Å²) in [6.07, 6.45) is 3.85. The van der Waals surface area contributed by atoms with Gasteiger partial charge < -0.3 is 14.4 Å². The van der Waals surface area contributed by atoms with Crippen molar-refractivity contribution < 1.29 is 14.6 Å². The number of nitrogens with zero attached hydrogens (tertiary/aromatic N) is 1. The molecule has 0 unspecified atom stereocenters. The summed E-state index contributed by atoms with van der Waals surface area (Å²) in [5.41, 5.74) is 3.15. The third-order valence-electron chi connectivity index (χ3n) is 3.84. The third kappa shape index (κ3) is 1.89. The van der Waals surface area contributed by atoms with Gasteiger partial charge in [-0.05, 0) is 36.4 Å². The molecule has 0 atom stereocenters. The predicted octanol–water partition coefficient (Wildman–Crippen LogP) is 3.87. The number of ether oxygens (including phenoxy) is 1. The number of hydrogen-bond acceptors (Lipinski definition) is 2. The van der Waals surface area contributed by atoms with E-state index in [1.165, 1.54) is 0 Å². The molecule has 4 nitrogen and oxygen atoms in total. The molecule has 0 bridgehead atoms. The van der Waals surface area contributed by atoms with Crippen LogP contribution in [0.25, 0.3) is 28.4 Å². The number of carboxylic acids is 1. The molecule has 0 fully saturated rings. The molecule has 108 valence electrons. The molecule has 4 heteroatoms. The van der Waals surface area contributed by atoms with Crippen molar-refractivity contribution >= 4 is 23.1 Å². The largest absolute Gasteiger partial charge is 0.489 e. The van der Waals surface area contributed by atoms with Gasteiger partial charge in [0.2, 0.25) is 0 Å². The van der Waals surface area contributed by atoms with E-state index in [0.29, 0.717) is 6.61 Å². The highest BCUT2D eigenvalue weighted by Gasteiger charge is 2.16. The smallest absolute Gasteiger partial charge is 0.335 e. The first-order valence-corrected chi connectivity index (χ1v) is 7.01. The summed E-state index contributed by atoms with van der Waals surface area (Å²) >= 11 is 0. The summed E-state index contributed by atoms with van der Waals surface area (Å²) in [7, 11) is 0. The summed E-state index contributed by atoms with van der Waals surface area (Å²) in [4.78, 5) is 11.2. The normalized spacial score (nSPS) is 12.9. The van der Waals surface area contributed by atoms with Gasteiger partial charge in [-0.3, -0.25) is 0 Å². The number of benzene rings is 2. The second-order valence-corrected chi connectivity index (χ2v) is 5.17. The van der Waals surface area contributed by atoms with Crippen LogP contribution in [0.15, 0.2) is 54.6 Å². The SMILES string of the molecule is O=C(O)c1ccc2cc3n(c2c1)C=CCOc1ccccc1-3. The van der Waals surface area contributed by atoms with Crippen LogP contribution >= 0.6 is 0 Å². The van der Waals surface area contributed by atoms with Crippen molar-refractivity contribution in [2.45, 2.75) is 0 Å². The summed E-state index contributed by atoms with van der Waals surface area (Å²) in [6.45, 7) is 0.481. The van der Waals surface area contributed by atoms with Gasteiger partial charge in [0.05, 0.1) is 16.8 Å². The Labute approximate surface area is 126 Å². The molecule has 1 aliphatic heterocycles. The maximum atomic E-state index is 11.2. The van der Waals surface area contributed by atoms with Gasteiger partial charge >= 0.3 is 5.97 Å². The van der Waals surface area contributed by atoms with Crippen molar-refractivity contribution in [1.29, 1.82) is 0 Å². The van der Waals surface area contributed by atoms with Crippen LogP contribution in [0.2, 0.25) is 0 Å². The van der Waals surface area contributed by atoms with E-state index in [0.717, 1.165) is 27.9 Å². The Morgan fingerprint density at radius 3 is 2.86 bits per heavy atom. The summed E-state index contributed by atoms with van der Waals surface area (Å²) < 4.78 is 7.77. The Morgan fingerprint density at radius 2 is 2.00 bits per heavy atom. The van der Waals surface area contributed by atoms with Crippen LogP contribution in [0.4, 0.5) is 0 Å². The molecule has 0 aliphatic carbocycles. The molecule has 0 saturated heterocycles. The van der Waals surface area contributed by atoms with Crippen molar-refractivity contribution in [3.8, 4) is 17.0 Å². The zero-order chi connectivity index (χ0) is 15.1. The van der Waals surface area contributed by atoms with Gasteiger partial charge in [0.25, 0.3) is 0 Å². The molecule has 0 amide bonds. The van der Waals surface area contributed by atoms with Gasteiger partial charge in [-0.1, -0.05) is 18.2 Å². The molecule has 1 aromatic heterocycles. The number of para-hydroxylation sites is 1. The molecular weight excluding hydrogens is 278 g/mol. The van der Waals surface area contributed by atoms with Gasteiger partial charge in [-0.15, -0.1) is 0 Å². The first-order chi connectivity index (χ1) is 10.7. The molecule has 0 saturated carbocycles. The lowest BCUT2D eigenvalue weighted by molar-refractivity contribution is 0.0697. The summed E-state index contributed by atoms with van der Waals surface area (Å²) in [6, 6.07) is 15.1. The number of carbonyl (C=O) groups is 1. The quantitative estimate of drug-likeness (QED) is 0.740. The Morgan fingerprint density at radius 1 is 1.14 bits per heavy atom. The van der Waals surface area contributed by atoms with E-state index in [2.05, 4.69) is 6.07 Å². The Hall–Kier alpha value is -3.01. The van der Waals surface area contributed by atoms with Crippen LogP contribution in [-0.2, 0) is 0 Å². The molecule has 0 spiro atoms. The summed E-state index contributed by atoms with van der Waals surface area (Å²) in [5, 5.41) is 10.2. The maximum Gasteiger partial charge on any atom is 0.335 e. The zero-order valence-corrected chi connectivity index (χ0v) is 11.7. The van der Waals surface area contributed by atoms with Crippen LogP contribution in [0.1, 0.15) is 10.4 Å². The molecular formula is C18H13NO3. The number of rotatable bonds is 1. The predicted molar refractivity (Wildman–Crippen MR) is 85.2 cm³/mol. The fourth-order valence-electron chi connectivity index (χ4n) is 2.81. The molecule has 4 rings (SSSR count). The molecule has 3 aromatic rings. The highest BCUT2D eigenvalue weighted by atomic mass is 16.5. The number of hydrogen-bond donors (Lipinski definition) is 1. The topological polar surface area (TPSA) is 51.5 Å². The monoisotopic (exact) mass is 291 g/mol. The minimum absolute atomic E-state index is 0.286. The second kappa shape index (κ2) is 4.77. The van der Waals surface area contributed by atoms with E-state index >= 15 is 0 Å². The maximum absolute atomic E-state index is 11.2. The Balaban J connectivity index is 2.05. The standard InChI is InChI=1S/C18H13NO3/c20-18(21)13-7-6-12-10-16-14-4-1-2-5-17(14)22-9-3-8-19(16)15(12)11-13/h1-8,10-11H,9H2,(H,20,21). The van der Waals surface area contributed by atoms with E-state index in [9.17, 15) is 9.90 Å². The van der Waals surface area contributed by atoms with Crippen LogP contribution in [-0.4, -0.2) is 22.2 Å². The third-order valence-corrected chi connectivity index (χ3v) is 3.84. The highest BCUT2D eigenvalue weighted by Crippen LogP contribution is 2.35. The highest BCUT2D eigenvalue weighted by molar-refractivity contribution is 5.97. The number of aromatic nitrogens is 1. The minimum atomic E-state index is -0.920. The van der Waals surface area contributed by atoms with E-state index in [-0.39, 0.29) is 5.56 Å². The van der Waals surface area contributed by atoms with Crippen molar-refractivity contribution in [2.24, 2.45) is 0 Å². The van der Waals surface area contributed by atoms with Gasteiger partial charge in [0.15, 0.2) is 0 Å². The zero-order valence-electron chi connectivity index (χ0n) is 11.7. The Bertz CT molecular complexity index is 921. The average molecular weight is 291 g/mol. The van der Waals surface area contributed by atoms with Crippen LogP contribution in [0.3, 0.4) is 0 Å². The van der Waals surface area contributed by atoms with Gasteiger partial charge in [0.1, 0.15) is 12.4 Å². The van der Waals surface area contributed by atoms with Crippen molar-refractivity contribution in [3.63, 3.8) is 0 Å². The lowest BCUT2D eigenvalue weighted by Crippen LogP contribution is -2.02. The number of carboxylic acid groups (broad SMARTS) is 1. The van der Waals surface area contributed by atoms with E-state index in [1.54, 1.807) is 12.1 Å². The first kappa shape index (κ1) is 12.7. The first-order valence-electron chi connectivity index (χ1n) is 7.01. The summed E-state index contributed by atoms with van der Waals surface area (Å²) in [5.74, 6) is -0.0922. The van der Waals surface area contributed by atoms with Gasteiger partial charge in [0, 0.05) is 17.1 Å². The van der Waals surface area contributed by atoms with E-state index < -0.39 is 5.97 Å². The second-order valence-electron chi connectivity index (χ2n) is 5.17. The lowest BCUT2D eigenvalue weighted by Gasteiger charge is -2.14.